The Balaban J connectivity index is 2.30. The van der Waals surface area contributed by atoms with Crippen molar-refractivity contribution in [2.24, 2.45) is 0 Å². The number of aromatic nitrogens is 4. The average molecular weight is 271 g/mol. The molecule has 3 rings (SSSR count). The minimum atomic E-state index is -0.167. The quantitative estimate of drug-likeness (QED) is 0.338. The zero-order valence-corrected chi connectivity index (χ0v) is 10.9. The zero-order valence-electron chi connectivity index (χ0n) is 10.0. The highest BCUT2D eigenvalue weighted by Gasteiger charge is 2.14. The molecule has 5 nitrogen and oxygen atoms in total. The predicted molar refractivity (Wildman–Crippen MR) is 74.2 cm³/mol. The van der Waals surface area contributed by atoms with Crippen LogP contribution in [0.3, 0.4) is 0 Å². The maximum absolute atomic E-state index is 12.2. The van der Waals surface area contributed by atoms with Gasteiger partial charge in [-0.05, 0) is 17.1 Å². The standard InChI is InChI=1S/C13H10N4OS/c1-2-7-19-13-15-12(18)11-9-5-3-4-6-10(9)14-8-17(11)16-13/h2-6,8H,1,7H2/p+1. The van der Waals surface area contributed by atoms with Gasteiger partial charge in [-0.2, -0.15) is 0 Å². The highest BCUT2D eigenvalue weighted by Crippen LogP contribution is 2.13. The molecule has 0 atom stereocenters. The highest BCUT2D eigenvalue weighted by molar-refractivity contribution is 7.99. The summed E-state index contributed by atoms with van der Waals surface area (Å²) in [5.41, 5.74) is 1.12. The van der Waals surface area contributed by atoms with Crippen molar-refractivity contribution in [3.8, 4) is 0 Å². The van der Waals surface area contributed by atoms with Crippen LogP contribution in [0, 0.1) is 0 Å². The Hall–Kier alpha value is -2.21. The van der Waals surface area contributed by atoms with E-state index < -0.39 is 0 Å². The normalized spacial score (nSPS) is 10.9. The summed E-state index contributed by atoms with van der Waals surface area (Å²) in [6.07, 6.45) is 3.32. The maximum atomic E-state index is 12.2. The molecule has 0 spiro atoms. The van der Waals surface area contributed by atoms with Crippen molar-refractivity contribution in [2.45, 2.75) is 5.16 Å². The second-order valence-electron chi connectivity index (χ2n) is 3.91. The van der Waals surface area contributed by atoms with E-state index in [9.17, 15) is 4.79 Å². The lowest BCUT2D eigenvalue weighted by Crippen LogP contribution is -2.35. The maximum Gasteiger partial charge on any atom is 0.312 e. The van der Waals surface area contributed by atoms with Crippen molar-refractivity contribution in [2.75, 3.05) is 5.75 Å². The van der Waals surface area contributed by atoms with Gasteiger partial charge in [0.1, 0.15) is 0 Å². The monoisotopic (exact) mass is 271 g/mol. The molecule has 0 aliphatic carbocycles. The van der Waals surface area contributed by atoms with Crippen molar-refractivity contribution in [3.05, 3.63) is 53.6 Å². The van der Waals surface area contributed by atoms with Gasteiger partial charge in [0, 0.05) is 5.75 Å². The van der Waals surface area contributed by atoms with Crippen LogP contribution in [0.25, 0.3) is 16.4 Å². The smallest absolute Gasteiger partial charge is 0.295 e. The third kappa shape index (κ3) is 2.10. The van der Waals surface area contributed by atoms with Crippen LogP contribution in [0.5, 0.6) is 0 Å². The molecule has 6 heteroatoms. The van der Waals surface area contributed by atoms with E-state index in [0.29, 0.717) is 16.4 Å². The van der Waals surface area contributed by atoms with Gasteiger partial charge in [-0.15, -0.1) is 6.58 Å². The molecule has 0 radical (unpaired) electrons. The molecule has 0 fully saturated rings. The number of aromatic amines is 1. The summed E-state index contributed by atoms with van der Waals surface area (Å²) in [5.74, 6) is 0.690. The summed E-state index contributed by atoms with van der Waals surface area (Å²) in [6, 6.07) is 7.51. The first-order valence-corrected chi connectivity index (χ1v) is 6.71. The molecule has 0 aliphatic rings. The summed E-state index contributed by atoms with van der Waals surface area (Å²) in [5, 5.41) is 5.68. The molecule has 19 heavy (non-hydrogen) atoms. The lowest BCUT2D eigenvalue weighted by atomic mass is 10.2. The lowest BCUT2D eigenvalue weighted by molar-refractivity contribution is -0.589. The summed E-state index contributed by atoms with van der Waals surface area (Å²) >= 11 is 1.42. The van der Waals surface area contributed by atoms with Crippen LogP contribution < -0.4 is 10.1 Å². The number of thioether (sulfide) groups is 1. The van der Waals surface area contributed by atoms with Gasteiger partial charge in [-0.3, -0.25) is 9.78 Å². The van der Waals surface area contributed by atoms with Crippen molar-refractivity contribution < 1.29 is 4.52 Å². The Labute approximate surface area is 113 Å². The number of rotatable bonds is 3. The Morgan fingerprint density at radius 1 is 1.42 bits per heavy atom. The number of H-pyrrole nitrogens is 1. The molecule has 0 saturated carbocycles. The summed E-state index contributed by atoms with van der Waals surface area (Å²) in [4.78, 5) is 19.3. The van der Waals surface area contributed by atoms with Gasteiger partial charge in [0.25, 0.3) is 0 Å². The molecular weight excluding hydrogens is 260 g/mol. The molecule has 1 N–H and O–H groups in total. The molecule has 0 saturated heterocycles. The van der Waals surface area contributed by atoms with Crippen LogP contribution in [0.1, 0.15) is 0 Å². The molecule has 0 aliphatic heterocycles. The fourth-order valence-electron chi connectivity index (χ4n) is 1.87. The van der Waals surface area contributed by atoms with Gasteiger partial charge in [0.2, 0.25) is 10.7 Å². The predicted octanol–water partition coefficient (Wildman–Crippen LogP) is 1.33. The van der Waals surface area contributed by atoms with Crippen molar-refractivity contribution >= 4 is 28.2 Å². The number of para-hydroxylation sites is 1. The molecular formula is C13H11N4OS+. The summed E-state index contributed by atoms with van der Waals surface area (Å²) < 4.78 is 1.52. The third-order valence-electron chi connectivity index (χ3n) is 2.67. The second kappa shape index (κ2) is 4.81. The first kappa shape index (κ1) is 11.9. The van der Waals surface area contributed by atoms with Gasteiger partial charge in [-0.25, -0.2) is 0 Å². The van der Waals surface area contributed by atoms with Gasteiger partial charge < -0.3 is 0 Å². The van der Waals surface area contributed by atoms with E-state index in [-0.39, 0.29) is 5.56 Å². The Morgan fingerprint density at radius 3 is 3.11 bits per heavy atom. The average Bonchev–Trinajstić information content (AvgIpc) is 2.44. The third-order valence-corrected chi connectivity index (χ3v) is 3.53. The second-order valence-corrected chi connectivity index (χ2v) is 4.92. The van der Waals surface area contributed by atoms with E-state index in [2.05, 4.69) is 21.6 Å². The molecule has 2 heterocycles. The number of fused-ring (bicyclic) bond motifs is 3. The largest absolute Gasteiger partial charge is 0.312 e. The van der Waals surface area contributed by atoms with Crippen molar-refractivity contribution in [1.82, 2.24) is 15.1 Å². The number of nitrogens with one attached hydrogen (secondary N) is 1. The van der Waals surface area contributed by atoms with E-state index in [1.807, 2.05) is 24.3 Å². The van der Waals surface area contributed by atoms with Crippen LogP contribution >= 0.6 is 11.8 Å². The van der Waals surface area contributed by atoms with E-state index in [4.69, 9.17) is 0 Å². The topological polar surface area (TPSA) is 62.7 Å². The van der Waals surface area contributed by atoms with Gasteiger partial charge in [-0.1, -0.05) is 39.6 Å². The van der Waals surface area contributed by atoms with Crippen molar-refractivity contribution in [3.63, 3.8) is 0 Å². The molecule has 3 aromatic rings. The molecule has 2 aromatic heterocycles. The number of hydrogen-bond donors (Lipinski definition) is 1. The Morgan fingerprint density at radius 2 is 2.26 bits per heavy atom. The van der Waals surface area contributed by atoms with E-state index in [1.165, 1.54) is 16.3 Å². The van der Waals surface area contributed by atoms with Crippen molar-refractivity contribution in [1.29, 1.82) is 0 Å². The van der Waals surface area contributed by atoms with Crippen LogP contribution in [0.2, 0.25) is 0 Å². The SMILES string of the molecule is C=CCSc1n[n+]2cnc3ccccc3c2c(=O)[nH]1. The van der Waals surface area contributed by atoms with Crippen LogP contribution in [0.15, 0.2) is 53.2 Å². The zero-order chi connectivity index (χ0) is 13.2. The van der Waals surface area contributed by atoms with Crippen LogP contribution in [0.4, 0.5) is 0 Å². The number of benzene rings is 1. The van der Waals surface area contributed by atoms with Gasteiger partial charge >= 0.3 is 11.9 Å². The van der Waals surface area contributed by atoms with E-state index in [1.54, 1.807) is 12.4 Å². The fraction of sp³-hybridized carbons (Fsp3) is 0.0769. The summed E-state index contributed by atoms with van der Waals surface area (Å²) in [6.45, 7) is 3.64. The summed E-state index contributed by atoms with van der Waals surface area (Å²) in [7, 11) is 0. The Kier molecular flexibility index (Phi) is 3.00. The number of hydrogen-bond acceptors (Lipinski definition) is 4. The van der Waals surface area contributed by atoms with Gasteiger partial charge in [0.15, 0.2) is 5.52 Å². The molecule has 1 aromatic carbocycles. The first-order chi connectivity index (χ1) is 9.29. The van der Waals surface area contributed by atoms with Crippen LogP contribution in [-0.2, 0) is 0 Å². The van der Waals surface area contributed by atoms with E-state index in [0.717, 1.165) is 10.9 Å². The minimum Gasteiger partial charge on any atom is -0.295 e. The fourth-order valence-corrected chi connectivity index (χ4v) is 2.45. The Bertz CT molecular complexity index is 828. The molecule has 0 amide bonds. The first-order valence-electron chi connectivity index (χ1n) is 5.73. The molecule has 0 unspecified atom stereocenters. The minimum absolute atomic E-state index is 0.167. The lowest BCUT2D eigenvalue weighted by Gasteiger charge is -1.98. The van der Waals surface area contributed by atoms with E-state index >= 15 is 0 Å². The van der Waals surface area contributed by atoms with Crippen LogP contribution in [-0.4, -0.2) is 20.8 Å². The molecule has 0 bridgehead atoms. The highest BCUT2D eigenvalue weighted by atomic mass is 32.2. The molecule has 94 valence electrons. The van der Waals surface area contributed by atoms with Gasteiger partial charge in [0.05, 0.1) is 5.39 Å². The number of nitrogens with zero attached hydrogens (tertiary/aromatic N) is 3.